The highest BCUT2D eigenvalue weighted by molar-refractivity contribution is 5.83. The number of anilines is 1. The van der Waals surface area contributed by atoms with Crippen molar-refractivity contribution in [2.75, 3.05) is 11.9 Å². The van der Waals surface area contributed by atoms with Gasteiger partial charge in [0, 0.05) is 11.4 Å². The summed E-state index contributed by atoms with van der Waals surface area (Å²) in [4.78, 5) is 8.75. The van der Waals surface area contributed by atoms with Gasteiger partial charge >= 0.3 is 0 Å². The molecule has 0 radical (unpaired) electrons. The van der Waals surface area contributed by atoms with Crippen LogP contribution in [0.5, 0.6) is 0 Å². The van der Waals surface area contributed by atoms with Crippen molar-refractivity contribution in [3.05, 3.63) is 65.5 Å². The van der Waals surface area contributed by atoms with Crippen LogP contribution in [0.3, 0.4) is 0 Å². The monoisotopic (exact) mass is 293 g/mol. The number of fused-ring (bicyclic) bond motifs is 1. The zero-order chi connectivity index (χ0) is 15.5. The van der Waals surface area contributed by atoms with Gasteiger partial charge in [0.15, 0.2) is 0 Å². The molecule has 1 heterocycles. The van der Waals surface area contributed by atoms with Gasteiger partial charge in [-0.1, -0.05) is 36.4 Å². The van der Waals surface area contributed by atoms with E-state index in [9.17, 15) is 5.11 Å². The SMILES string of the molecule is Cc1cc(C)nc(N[C@H](CO)c2ccc3ccccc3c2)n1. The third kappa shape index (κ3) is 3.07. The Morgan fingerprint density at radius 3 is 2.32 bits per heavy atom. The van der Waals surface area contributed by atoms with Crippen molar-refractivity contribution in [2.24, 2.45) is 0 Å². The second kappa shape index (κ2) is 6.12. The van der Waals surface area contributed by atoms with Crippen LogP contribution in [0.4, 0.5) is 5.95 Å². The van der Waals surface area contributed by atoms with E-state index >= 15 is 0 Å². The van der Waals surface area contributed by atoms with Gasteiger partial charge < -0.3 is 10.4 Å². The van der Waals surface area contributed by atoms with Crippen molar-refractivity contribution in [3.63, 3.8) is 0 Å². The van der Waals surface area contributed by atoms with Crippen molar-refractivity contribution < 1.29 is 5.11 Å². The van der Waals surface area contributed by atoms with E-state index < -0.39 is 0 Å². The van der Waals surface area contributed by atoms with E-state index in [0.29, 0.717) is 5.95 Å². The molecule has 22 heavy (non-hydrogen) atoms. The number of benzene rings is 2. The summed E-state index contributed by atoms with van der Waals surface area (Å²) in [5.41, 5.74) is 2.83. The summed E-state index contributed by atoms with van der Waals surface area (Å²) in [7, 11) is 0. The molecule has 0 aliphatic heterocycles. The fraction of sp³-hybridized carbons (Fsp3) is 0.222. The molecule has 0 spiro atoms. The summed E-state index contributed by atoms with van der Waals surface area (Å²) in [6, 6.07) is 16.1. The number of rotatable bonds is 4. The van der Waals surface area contributed by atoms with Crippen molar-refractivity contribution in [1.29, 1.82) is 0 Å². The number of aliphatic hydroxyl groups is 1. The van der Waals surface area contributed by atoms with Crippen LogP contribution in [0, 0.1) is 13.8 Å². The number of aromatic nitrogens is 2. The summed E-state index contributed by atoms with van der Waals surface area (Å²) < 4.78 is 0. The Morgan fingerprint density at radius 1 is 0.955 bits per heavy atom. The van der Waals surface area contributed by atoms with E-state index in [1.165, 1.54) is 5.39 Å². The topological polar surface area (TPSA) is 58.0 Å². The van der Waals surface area contributed by atoms with E-state index in [4.69, 9.17) is 0 Å². The van der Waals surface area contributed by atoms with Gasteiger partial charge in [-0.15, -0.1) is 0 Å². The molecular formula is C18H19N3O. The Bertz CT molecular complexity index is 781. The molecule has 0 saturated heterocycles. The zero-order valence-electron chi connectivity index (χ0n) is 12.7. The maximum atomic E-state index is 9.73. The van der Waals surface area contributed by atoms with Crippen LogP contribution in [0.2, 0.25) is 0 Å². The largest absolute Gasteiger partial charge is 0.394 e. The predicted molar refractivity (Wildman–Crippen MR) is 88.9 cm³/mol. The minimum Gasteiger partial charge on any atom is -0.394 e. The Balaban J connectivity index is 1.91. The van der Waals surface area contributed by atoms with Gasteiger partial charge in [-0.25, -0.2) is 9.97 Å². The highest BCUT2D eigenvalue weighted by Gasteiger charge is 2.12. The molecule has 3 aromatic rings. The minimum atomic E-state index is -0.231. The minimum absolute atomic E-state index is 0.0192. The highest BCUT2D eigenvalue weighted by atomic mass is 16.3. The van der Waals surface area contributed by atoms with Gasteiger partial charge in [0.05, 0.1) is 12.6 Å². The highest BCUT2D eigenvalue weighted by Crippen LogP contribution is 2.22. The molecule has 0 saturated carbocycles. The van der Waals surface area contributed by atoms with Crippen LogP contribution in [0.25, 0.3) is 10.8 Å². The van der Waals surface area contributed by atoms with Crippen LogP contribution in [-0.2, 0) is 0 Å². The number of hydrogen-bond acceptors (Lipinski definition) is 4. The van der Waals surface area contributed by atoms with Crippen molar-refractivity contribution in [3.8, 4) is 0 Å². The summed E-state index contributed by atoms with van der Waals surface area (Å²) in [6.07, 6.45) is 0. The smallest absolute Gasteiger partial charge is 0.223 e. The number of aliphatic hydroxyl groups excluding tert-OH is 1. The molecular weight excluding hydrogens is 274 g/mol. The molecule has 0 bridgehead atoms. The molecule has 0 aliphatic rings. The Labute approximate surface area is 129 Å². The quantitative estimate of drug-likeness (QED) is 0.774. The van der Waals surface area contributed by atoms with Crippen LogP contribution in [0.1, 0.15) is 23.0 Å². The Morgan fingerprint density at radius 2 is 1.64 bits per heavy atom. The van der Waals surface area contributed by atoms with E-state index in [1.54, 1.807) is 0 Å². The lowest BCUT2D eigenvalue weighted by Crippen LogP contribution is -2.17. The van der Waals surface area contributed by atoms with E-state index in [-0.39, 0.29) is 12.6 Å². The Hall–Kier alpha value is -2.46. The average molecular weight is 293 g/mol. The first-order valence-electron chi connectivity index (χ1n) is 7.34. The zero-order valence-corrected chi connectivity index (χ0v) is 12.7. The van der Waals surface area contributed by atoms with E-state index in [1.807, 2.05) is 38.1 Å². The van der Waals surface area contributed by atoms with Gasteiger partial charge in [0.1, 0.15) is 0 Å². The second-order valence-corrected chi connectivity index (χ2v) is 5.46. The molecule has 0 aliphatic carbocycles. The average Bonchev–Trinajstić information content (AvgIpc) is 2.51. The molecule has 112 valence electrons. The maximum Gasteiger partial charge on any atom is 0.223 e. The van der Waals surface area contributed by atoms with E-state index in [0.717, 1.165) is 22.3 Å². The van der Waals surface area contributed by atoms with Crippen molar-refractivity contribution in [2.45, 2.75) is 19.9 Å². The molecule has 0 amide bonds. The standard InChI is InChI=1S/C18H19N3O/c1-12-9-13(2)20-18(19-12)21-17(11-22)16-8-7-14-5-3-4-6-15(14)10-16/h3-10,17,22H,11H2,1-2H3,(H,19,20,21)/t17-/m1/s1. The van der Waals surface area contributed by atoms with Crippen LogP contribution < -0.4 is 5.32 Å². The summed E-state index contributed by atoms with van der Waals surface area (Å²) in [5, 5.41) is 15.3. The molecule has 2 N–H and O–H groups in total. The molecule has 3 rings (SSSR count). The fourth-order valence-electron chi connectivity index (χ4n) is 2.61. The lowest BCUT2D eigenvalue weighted by Gasteiger charge is -2.18. The molecule has 1 atom stereocenters. The van der Waals surface area contributed by atoms with Crippen molar-refractivity contribution >= 4 is 16.7 Å². The van der Waals surface area contributed by atoms with Gasteiger partial charge in [-0.3, -0.25) is 0 Å². The molecule has 0 fully saturated rings. The lowest BCUT2D eigenvalue weighted by atomic mass is 10.0. The number of hydrogen-bond donors (Lipinski definition) is 2. The number of nitrogens with zero attached hydrogens (tertiary/aromatic N) is 2. The number of nitrogens with one attached hydrogen (secondary N) is 1. The third-order valence-electron chi connectivity index (χ3n) is 3.64. The van der Waals surface area contributed by atoms with Gasteiger partial charge in [-0.05, 0) is 42.3 Å². The van der Waals surface area contributed by atoms with Gasteiger partial charge in [0.2, 0.25) is 5.95 Å². The summed E-state index contributed by atoms with van der Waals surface area (Å²) >= 11 is 0. The Kier molecular flexibility index (Phi) is 4.02. The van der Waals surface area contributed by atoms with Crippen molar-refractivity contribution in [1.82, 2.24) is 9.97 Å². The van der Waals surface area contributed by atoms with Gasteiger partial charge in [-0.2, -0.15) is 0 Å². The van der Waals surface area contributed by atoms with E-state index in [2.05, 4.69) is 39.6 Å². The molecule has 4 heteroatoms. The van der Waals surface area contributed by atoms with Crippen LogP contribution >= 0.6 is 0 Å². The first-order valence-corrected chi connectivity index (χ1v) is 7.34. The fourth-order valence-corrected chi connectivity index (χ4v) is 2.61. The normalized spacial score (nSPS) is 12.3. The summed E-state index contributed by atoms with van der Waals surface area (Å²) in [5.74, 6) is 0.546. The third-order valence-corrected chi connectivity index (χ3v) is 3.64. The first kappa shape index (κ1) is 14.5. The van der Waals surface area contributed by atoms with Gasteiger partial charge in [0.25, 0.3) is 0 Å². The van der Waals surface area contributed by atoms with Crippen LogP contribution in [0.15, 0.2) is 48.5 Å². The van der Waals surface area contributed by atoms with Crippen LogP contribution in [-0.4, -0.2) is 21.7 Å². The second-order valence-electron chi connectivity index (χ2n) is 5.46. The first-order chi connectivity index (χ1) is 10.7. The summed E-state index contributed by atoms with van der Waals surface area (Å²) in [6.45, 7) is 3.85. The lowest BCUT2D eigenvalue weighted by molar-refractivity contribution is 0.276. The predicted octanol–water partition coefficient (Wildman–Crippen LogP) is 3.39. The molecule has 0 unspecified atom stereocenters. The molecule has 4 nitrogen and oxygen atoms in total. The maximum absolute atomic E-state index is 9.73. The number of aryl methyl sites for hydroxylation is 2. The molecule has 2 aromatic carbocycles. The molecule has 1 aromatic heterocycles.